The molecule has 162 valence electrons. The zero-order valence-corrected chi connectivity index (χ0v) is 18.2. The highest BCUT2D eigenvalue weighted by molar-refractivity contribution is 6.13. The molecule has 0 aromatic heterocycles. The third-order valence-corrected chi connectivity index (χ3v) is 5.37. The summed E-state index contributed by atoms with van der Waals surface area (Å²) in [6, 6.07) is 23.9. The van der Waals surface area contributed by atoms with Crippen molar-refractivity contribution in [3.8, 4) is 17.2 Å². The standard InChI is InChI=1S/C24H25NO3.BH3O2/c1-23(2,26)24(3,4)28-18-15-13-17(14-16-18)25-19-9-5-7-11-21(19)27-22-12-8-6-10-20(22)25;2-1-3/h5-16,26H,1-4H3;1-3H. The van der Waals surface area contributed by atoms with Crippen LogP contribution in [-0.2, 0) is 0 Å². The van der Waals surface area contributed by atoms with Crippen LogP contribution < -0.4 is 14.4 Å². The fraction of sp³-hybridized carbons (Fsp3) is 0.250. The Hall–Kier alpha value is -3.00. The van der Waals surface area contributed by atoms with E-state index in [0.29, 0.717) is 5.75 Å². The quantitative estimate of drug-likeness (QED) is 0.423. The first-order valence-electron chi connectivity index (χ1n) is 10.1. The van der Waals surface area contributed by atoms with Gasteiger partial charge in [-0.3, -0.25) is 0 Å². The number of benzene rings is 3. The summed E-state index contributed by atoms with van der Waals surface area (Å²) in [6.07, 6.45) is 0. The van der Waals surface area contributed by atoms with Crippen LogP contribution in [0.5, 0.6) is 17.2 Å². The predicted octanol–water partition coefficient (Wildman–Crippen LogP) is 4.43. The third-order valence-electron chi connectivity index (χ3n) is 5.37. The molecule has 1 aliphatic heterocycles. The molecule has 0 saturated heterocycles. The predicted molar refractivity (Wildman–Crippen MR) is 124 cm³/mol. The summed E-state index contributed by atoms with van der Waals surface area (Å²) in [4.78, 5) is 2.18. The van der Waals surface area contributed by atoms with Crippen molar-refractivity contribution < 1.29 is 24.6 Å². The maximum absolute atomic E-state index is 10.3. The van der Waals surface area contributed by atoms with E-state index in [0.717, 1.165) is 28.6 Å². The molecule has 0 fully saturated rings. The molecule has 31 heavy (non-hydrogen) atoms. The van der Waals surface area contributed by atoms with Gasteiger partial charge in [-0.15, -0.1) is 0 Å². The number of rotatable bonds is 4. The van der Waals surface area contributed by atoms with E-state index >= 15 is 0 Å². The smallest absolute Gasteiger partial charge is 0.432 e. The van der Waals surface area contributed by atoms with Crippen LogP contribution in [0.4, 0.5) is 17.1 Å². The molecular weight excluding hydrogens is 393 g/mol. The minimum Gasteiger partial charge on any atom is -0.485 e. The van der Waals surface area contributed by atoms with Gasteiger partial charge in [0, 0.05) is 5.69 Å². The van der Waals surface area contributed by atoms with E-state index in [1.807, 2.05) is 86.6 Å². The number of nitrogens with zero attached hydrogens (tertiary/aromatic N) is 1. The van der Waals surface area contributed by atoms with Gasteiger partial charge in [0.2, 0.25) is 0 Å². The molecule has 1 aliphatic rings. The SMILES string of the molecule is CC(C)(O)C(C)(C)Oc1ccc(N2c3ccccc3Oc3ccccc32)cc1.OBO. The first-order chi connectivity index (χ1) is 14.7. The summed E-state index contributed by atoms with van der Waals surface area (Å²) in [5.74, 6) is 2.36. The van der Waals surface area contributed by atoms with Crippen molar-refractivity contribution in [2.75, 3.05) is 4.90 Å². The largest absolute Gasteiger partial charge is 0.485 e. The van der Waals surface area contributed by atoms with Gasteiger partial charge in [-0.25, -0.2) is 0 Å². The molecule has 4 rings (SSSR count). The lowest BCUT2D eigenvalue weighted by Crippen LogP contribution is -2.49. The fourth-order valence-corrected chi connectivity index (χ4v) is 3.07. The molecule has 0 amide bonds. The highest BCUT2D eigenvalue weighted by Gasteiger charge is 2.37. The van der Waals surface area contributed by atoms with Crippen molar-refractivity contribution in [2.45, 2.75) is 38.9 Å². The van der Waals surface area contributed by atoms with E-state index in [4.69, 9.17) is 19.5 Å². The van der Waals surface area contributed by atoms with Gasteiger partial charge in [0.25, 0.3) is 0 Å². The molecule has 0 atom stereocenters. The van der Waals surface area contributed by atoms with Crippen LogP contribution in [0.2, 0.25) is 0 Å². The normalized spacial score (nSPS) is 12.5. The second kappa shape index (κ2) is 9.02. The Kier molecular flexibility index (Phi) is 6.60. The van der Waals surface area contributed by atoms with Crippen molar-refractivity contribution in [1.29, 1.82) is 0 Å². The molecule has 1 heterocycles. The average molecular weight is 421 g/mol. The Morgan fingerprint density at radius 1 is 0.774 bits per heavy atom. The van der Waals surface area contributed by atoms with Gasteiger partial charge in [-0.2, -0.15) is 0 Å². The monoisotopic (exact) mass is 421 g/mol. The Bertz CT molecular complexity index is 969. The van der Waals surface area contributed by atoms with E-state index in [1.165, 1.54) is 0 Å². The van der Waals surface area contributed by atoms with Gasteiger partial charge >= 0.3 is 7.69 Å². The van der Waals surface area contributed by atoms with Crippen molar-refractivity contribution in [2.24, 2.45) is 0 Å². The zero-order valence-electron chi connectivity index (χ0n) is 18.2. The van der Waals surface area contributed by atoms with Crippen LogP contribution in [0.1, 0.15) is 27.7 Å². The molecule has 3 N–H and O–H groups in total. The zero-order chi connectivity index (χ0) is 22.6. The Labute approximate surface area is 183 Å². The molecule has 3 aromatic carbocycles. The number of hydrogen-bond donors (Lipinski definition) is 3. The molecule has 3 aromatic rings. The number of para-hydroxylation sites is 4. The van der Waals surface area contributed by atoms with E-state index in [-0.39, 0.29) is 0 Å². The van der Waals surface area contributed by atoms with Gasteiger partial charge in [0.05, 0.1) is 17.0 Å². The first-order valence-corrected chi connectivity index (χ1v) is 10.1. The molecule has 0 radical (unpaired) electrons. The van der Waals surface area contributed by atoms with Crippen molar-refractivity contribution in [3.05, 3.63) is 72.8 Å². The summed E-state index contributed by atoms with van der Waals surface area (Å²) < 4.78 is 12.1. The summed E-state index contributed by atoms with van der Waals surface area (Å²) in [5, 5.41) is 24.6. The molecule has 0 unspecified atom stereocenters. The van der Waals surface area contributed by atoms with Crippen molar-refractivity contribution in [1.82, 2.24) is 0 Å². The third kappa shape index (κ3) is 4.85. The highest BCUT2D eigenvalue weighted by Crippen LogP contribution is 2.50. The summed E-state index contributed by atoms with van der Waals surface area (Å²) in [6.45, 7) is 7.27. The fourth-order valence-electron chi connectivity index (χ4n) is 3.07. The van der Waals surface area contributed by atoms with Crippen LogP contribution in [0.3, 0.4) is 0 Å². The Balaban J connectivity index is 0.000000858. The van der Waals surface area contributed by atoms with Gasteiger partial charge < -0.3 is 29.5 Å². The van der Waals surface area contributed by atoms with Gasteiger partial charge in [0.1, 0.15) is 11.4 Å². The summed E-state index contributed by atoms with van der Waals surface area (Å²) in [7, 11) is -0.750. The van der Waals surface area contributed by atoms with Gasteiger partial charge in [-0.05, 0) is 76.2 Å². The van der Waals surface area contributed by atoms with Crippen LogP contribution in [0.15, 0.2) is 72.8 Å². The first kappa shape index (κ1) is 22.7. The maximum Gasteiger partial charge on any atom is 0.432 e. The van der Waals surface area contributed by atoms with E-state index < -0.39 is 18.9 Å². The van der Waals surface area contributed by atoms with Crippen LogP contribution in [0, 0.1) is 0 Å². The molecule has 0 saturated carbocycles. The Morgan fingerprint density at radius 3 is 1.68 bits per heavy atom. The van der Waals surface area contributed by atoms with Gasteiger partial charge in [0.15, 0.2) is 11.5 Å². The average Bonchev–Trinajstić information content (AvgIpc) is 2.72. The molecule has 7 heteroatoms. The summed E-state index contributed by atoms with van der Waals surface area (Å²) in [5.41, 5.74) is 1.32. The molecule has 6 nitrogen and oxygen atoms in total. The van der Waals surface area contributed by atoms with Crippen molar-refractivity contribution >= 4 is 24.7 Å². The van der Waals surface area contributed by atoms with Gasteiger partial charge in [-0.1, -0.05) is 24.3 Å². The van der Waals surface area contributed by atoms with E-state index in [2.05, 4.69) is 4.90 Å². The minimum absolute atomic E-state index is 0.714. The molecule has 0 aliphatic carbocycles. The van der Waals surface area contributed by atoms with Crippen LogP contribution in [-0.4, -0.2) is 34.0 Å². The molecule has 0 spiro atoms. The lowest BCUT2D eigenvalue weighted by Gasteiger charge is -2.37. The Morgan fingerprint density at radius 2 is 1.23 bits per heavy atom. The van der Waals surface area contributed by atoms with Crippen molar-refractivity contribution in [3.63, 3.8) is 0 Å². The number of aliphatic hydroxyl groups is 1. The molecular formula is C24H28BNO5. The number of ether oxygens (including phenoxy) is 2. The topological polar surface area (TPSA) is 82.4 Å². The van der Waals surface area contributed by atoms with E-state index in [9.17, 15) is 5.11 Å². The van der Waals surface area contributed by atoms with Crippen LogP contribution in [0.25, 0.3) is 0 Å². The second-order valence-electron chi connectivity index (χ2n) is 8.18. The maximum atomic E-state index is 10.3. The highest BCUT2D eigenvalue weighted by atomic mass is 16.5. The molecule has 0 bridgehead atoms. The number of hydrogen-bond acceptors (Lipinski definition) is 6. The lowest BCUT2D eigenvalue weighted by atomic mass is 9.89. The second-order valence-corrected chi connectivity index (χ2v) is 8.18. The summed E-state index contributed by atoms with van der Waals surface area (Å²) >= 11 is 0. The number of fused-ring (bicyclic) bond motifs is 2. The van der Waals surface area contributed by atoms with E-state index in [1.54, 1.807) is 13.8 Å². The number of anilines is 3. The minimum atomic E-state index is -0.965. The van der Waals surface area contributed by atoms with Crippen LogP contribution >= 0.6 is 0 Å². The lowest BCUT2D eigenvalue weighted by molar-refractivity contribution is -0.0906.